The molecule has 0 bridgehead atoms. The fourth-order valence-electron chi connectivity index (χ4n) is 2.22. The van der Waals surface area contributed by atoms with E-state index in [0.29, 0.717) is 13.1 Å². The molecule has 2 rings (SSSR count). The van der Waals surface area contributed by atoms with E-state index in [4.69, 9.17) is 4.74 Å². The van der Waals surface area contributed by atoms with Crippen LogP contribution >= 0.6 is 11.3 Å². The molecule has 0 N–H and O–H groups in total. The van der Waals surface area contributed by atoms with E-state index in [0.717, 1.165) is 15.6 Å². The lowest BCUT2D eigenvalue weighted by Crippen LogP contribution is -2.48. The third-order valence-corrected chi connectivity index (χ3v) is 3.87. The fourth-order valence-corrected chi connectivity index (χ4v) is 3.10. The number of hydrogen-bond donors (Lipinski definition) is 0. The van der Waals surface area contributed by atoms with Gasteiger partial charge in [-0.1, -0.05) is 0 Å². The molecule has 1 amide bonds. The van der Waals surface area contributed by atoms with E-state index in [9.17, 15) is 4.79 Å². The Morgan fingerprint density at radius 1 is 1.35 bits per heavy atom. The quantitative estimate of drug-likeness (QED) is 0.770. The van der Waals surface area contributed by atoms with Gasteiger partial charge in [-0.25, -0.2) is 4.98 Å². The summed E-state index contributed by atoms with van der Waals surface area (Å²) in [4.78, 5) is 19.3. The van der Waals surface area contributed by atoms with Crippen LogP contribution in [0.1, 0.15) is 34.2 Å². The second-order valence-electron chi connectivity index (χ2n) is 4.61. The van der Waals surface area contributed by atoms with Gasteiger partial charge in [0.1, 0.15) is 4.88 Å². The lowest BCUT2D eigenvalue weighted by Gasteiger charge is -2.35. The Bertz CT molecular complexity index is 420. The third kappa shape index (κ3) is 2.66. The van der Waals surface area contributed by atoms with Crippen LogP contribution in [0.5, 0.6) is 0 Å². The fraction of sp³-hybridized carbons (Fsp3) is 0.667. The van der Waals surface area contributed by atoms with Crippen LogP contribution in [-0.4, -0.2) is 41.1 Å². The van der Waals surface area contributed by atoms with Crippen molar-refractivity contribution in [1.29, 1.82) is 0 Å². The maximum Gasteiger partial charge on any atom is 0.266 e. The minimum absolute atomic E-state index is 0.0927. The number of aromatic nitrogens is 1. The highest BCUT2D eigenvalue weighted by Crippen LogP contribution is 2.21. The summed E-state index contributed by atoms with van der Waals surface area (Å²) in [7, 11) is 0. The molecular weight excluding hydrogens is 236 g/mol. The molecule has 0 spiro atoms. The van der Waals surface area contributed by atoms with Gasteiger partial charge in [-0.3, -0.25) is 4.79 Å². The van der Waals surface area contributed by atoms with Crippen LogP contribution < -0.4 is 0 Å². The molecule has 0 radical (unpaired) electrons. The molecule has 1 aliphatic rings. The first kappa shape index (κ1) is 12.5. The highest BCUT2D eigenvalue weighted by molar-refractivity contribution is 7.13. The summed E-state index contributed by atoms with van der Waals surface area (Å²) < 4.78 is 5.63. The first-order valence-electron chi connectivity index (χ1n) is 5.86. The van der Waals surface area contributed by atoms with Crippen LogP contribution in [-0.2, 0) is 4.74 Å². The normalized spacial score (nSPS) is 25.1. The molecule has 2 atom stereocenters. The van der Waals surface area contributed by atoms with Crippen LogP contribution in [0.25, 0.3) is 0 Å². The van der Waals surface area contributed by atoms with Gasteiger partial charge in [0.05, 0.1) is 22.9 Å². The first-order chi connectivity index (χ1) is 7.97. The Hall–Kier alpha value is -0.940. The van der Waals surface area contributed by atoms with Crippen molar-refractivity contribution >= 4 is 17.2 Å². The predicted molar refractivity (Wildman–Crippen MR) is 67.5 cm³/mol. The molecule has 17 heavy (non-hydrogen) atoms. The molecule has 5 heteroatoms. The summed E-state index contributed by atoms with van der Waals surface area (Å²) in [5.41, 5.74) is 0.837. The van der Waals surface area contributed by atoms with Gasteiger partial charge in [0, 0.05) is 13.1 Å². The summed E-state index contributed by atoms with van der Waals surface area (Å²) in [6.45, 7) is 9.16. The molecule has 1 fully saturated rings. The Kier molecular flexibility index (Phi) is 3.49. The summed E-state index contributed by atoms with van der Waals surface area (Å²) in [5.74, 6) is 0.0927. The van der Waals surface area contributed by atoms with Crippen molar-refractivity contribution in [3.05, 3.63) is 15.6 Å². The summed E-state index contributed by atoms with van der Waals surface area (Å²) in [5, 5.41) is 0.945. The molecule has 1 aliphatic heterocycles. The van der Waals surface area contributed by atoms with E-state index < -0.39 is 0 Å². The smallest absolute Gasteiger partial charge is 0.266 e. The molecule has 1 saturated heterocycles. The van der Waals surface area contributed by atoms with Gasteiger partial charge in [0.2, 0.25) is 0 Å². The maximum atomic E-state index is 12.4. The van der Waals surface area contributed by atoms with Crippen molar-refractivity contribution in [2.75, 3.05) is 13.1 Å². The molecule has 1 aromatic rings. The SMILES string of the molecule is Cc1nc(C)c(C(=O)N2CC(C)OC(C)C2)s1. The zero-order valence-corrected chi connectivity index (χ0v) is 11.5. The van der Waals surface area contributed by atoms with Crippen molar-refractivity contribution in [2.24, 2.45) is 0 Å². The monoisotopic (exact) mass is 254 g/mol. The standard InChI is InChI=1S/C12H18N2O2S/c1-7-5-14(6-8(2)16-7)12(15)11-9(3)13-10(4)17-11/h7-8H,5-6H2,1-4H3. The molecule has 94 valence electrons. The number of thiazole rings is 1. The van der Waals surface area contributed by atoms with Crippen LogP contribution in [0.3, 0.4) is 0 Å². The van der Waals surface area contributed by atoms with Crippen molar-refractivity contribution in [1.82, 2.24) is 9.88 Å². The van der Waals surface area contributed by atoms with Crippen molar-refractivity contribution in [3.63, 3.8) is 0 Å². The van der Waals surface area contributed by atoms with Gasteiger partial charge in [-0.2, -0.15) is 0 Å². The summed E-state index contributed by atoms with van der Waals surface area (Å²) in [6, 6.07) is 0. The topological polar surface area (TPSA) is 42.4 Å². The summed E-state index contributed by atoms with van der Waals surface area (Å²) >= 11 is 1.48. The second-order valence-corrected chi connectivity index (χ2v) is 5.82. The Morgan fingerprint density at radius 2 is 1.94 bits per heavy atom. The number of carbonyl (C=O) groups is 1. The van der Waals surface area contributed by atoms with E-state index in [1.54, 1.807) is 0 Å². The van der Waals surface area contributed by atoms with Gasteiger partial charge in [-0.05, 0) is 27.7 Å². The average molecular weight is 254 g/mol. The number of carbonyl (C=O) groups excluding carboxylic acids is 1. The van der Waals surface area contributed by atoms with E-state index >= 15 is 0 Å². The lowest BCUT2D eigenvalue weighted by atomic mass is 10.2. The van der Waals surface area contributed by atoms with Crippen molar-refractivity contribution < 1.29 is 9.53 Å². The molecule has 2 heterocycles. The Balaban J connectivity index is 2.17. The molecule has 0 aliphatic carbocycles. The molecule has 0 saturated carbocycles. The first-order valence-corrected chi connectivity index (χ1v) is 6.67. The molecule has 1 aromatic heterocycles. The van der Waals surface area contributed by atoms with E-state index in [-0.39, 0.29) is 18.1 Å². The number of hydrogen-bond acceptors (Lipinski definition) is 4. The van der Waals surface area contributed by atoms with Crippen LogP contribution in [0.2, 0.25) is 0 Å². The lowest BCUT2D eigenvalue weighted by molar-refractivity contribution is -0.0585. The summed E-state index contributed by atoms with van der Waals surface area (Å²) in [6.07, 6.45) is 0.217. The van der Waals surface area contributed by atoms with E-state index in [1.807, 2.05) is 32.6 Å². The van der Waals surface area contributed by atoms with E-state index in [1.165, 1.54) is 11.3 Å². The average Bonchev–Trinajstić information content (AvgIpc) is 2.55. The van der Waals surface area contributed by atoms with Gasteiger partial charge in [-0.15, -0.1) is 11.3 Å². The largest absolute Gasteiger partial charge is 0.372 e. The number of amides is 1. The minimum atomic E-state index is 0.0927. The van der Waals surface area contributed by atoms with E-state index in [2.05, 4.69) is 4.98 Å². The van der Waals surface area contributed by atoms with Crippen molar-refractivity contribution in [3.8, 4) is 0 Å². The zero-order valence-electron chi connectivity index (χ0n) is 10.7. The number of ether oxygens (including phenoxy) is 1. The number of aryl methyl sites for hydroxylation is 2. The highest BCUT2D eigenvalue weighted by Gasteiger charge is 2.28. The minimum Gasteiger partial charge on any atom is -0.372 e. The highest BCUT2D eigenvalue weighted by atomic mass is 32.1. The third-order valence-electron chi connectivity index (χ3n) is 2.80. The Morgan fingerprint density at radius 3 is 2.41 bits per heavy atom. The second kappa shape index (κ2) is 4.74. The zero-order chi connectivity index (χ0) is 12.6. The molecule has 4 nitrogen and oxygen atoms in total. The number of nitrogens with zero attached hydrogens (tertiary/aromatic N) is 2. The van der Waals surface area contributed by atoms with Crippen LogP contribution in [0, 0.1) is 13.8 Å². The van der Waals surface area contributed by atoms with Crippen LogP contribution in [0.4, 0.5) is 0 Å². The predicted octanol–water partition coefficient (Wildman–Crippen LogP) is 2.01. The molecule has 2 unspecified atom stereocenters. The van der Waals surface area contributed by atoms with Crippen LogP contribution in [0.15, 0.2) is 0 Å². The number of rotatable bonds is 1. The maximum absolute atomic E-state index is 12.4. The van der Waals surface area contributed by atoms with Gasteiger partial charge < -0.3 is 9.64 Å². The Labute approximate surface area is 106 Å². The van der Waals surface area contributed by atoms with Crippen molar-refractivity contribution in [2.45, 2.75) is 39.9 Å². The van der Waals surface area contributed by atoms with Gasteiger partial charge >= 0.3 is 0 Å². The molecular formula is C12H18N2O2S. The van der Waals surface area contributed by atoms with Gasteiger partial charge in [0.25, 0.3) is 5.91 Å². The number of morpholine rings is 1. The van der Waals surface area contributed by atoms with Gasteiger partial charge in [0.15, 0.2) is 0 Å². The molecule has 0 aromatic carbocycles.